The second-order valence-corrected chi connectivity index (χ2v) is 7.48. The number of H-pyrrole nitrogens is 1. The van der Waals surface area contributed by atoms with Gasteiger partial charge in [-0.2, -0.15) is 0 Å². The number of aromatic nitrogens is 1. The maximum atomic E-state index is 14.3. The maximum absolute atomic E-state index is 14.3. The highest BCUT2D eigenvalue weighted by atomic mass is 19.1. The van der Waals surface area contributed by atoms with Crippen molar-refractivity contribution in [1.82, 2.24) is 4.98 Å². The third-order valence-electron chi connectivity index (χ3n) is 5.59. The number of hydrogen-bond acceptors (Lipinski definition) is 4. The van der Waals surface area contributed by atoms with Crippen LogP contribution in [-0.2, 0) is 21.7 Å². The number of rotatable bonds is 5. The van der Waals surface area contributed by atoms with Gasteiger partial charge in [-0.3, -0.25) is 4.79 Å². The highest BCUT2D eigenvalue weighted by Crippen LogP contribution is 2.37. The fourth-order valence-corrected chi connectivity index (χ4v) is 3.84. The van der Waals surface area contributed by atoms with Crippen LogP contribution in [0.15, 0.2) is 47.3 Å². The average Bonchev–Trinajstić information content (AvgIpc) is 2.73. The van der Waals surface area contributed by atoms with Gasteiger partial charge in [0.1, 0.15) is 18.2 Å². The Morgan fingerprint density at radius 2 is 1.93 bits per heavy atom. The van der Waals surface area contributed by atoms with Gasteiger partial charge in [0, 0.05) is 50.3 Å². The molecule has 2 aromatic carbocycles. The van der Waals surface area contributed by atoms with Crippen molar-refractivity contribution >= 4 is 10.9 Å². The normalized spacial score (nSPS) is 16.1. The van der Waals surface area contributed by atoms with Crippen LogP contribution in [0.4, 0.5) is 4.39 Å². The standard InChI is InChI=1S/C23H24FNO4/c1-15-9-17-10-16(3-4-21(17)25-22(15)26)14-29-20-12-18(11-19(24)13-20)23(27-2)5-7-28-8-6-23/h3-4,9-13H,5-8,14H2,1-2H3,(H,25,26). The Kier molecular flexibility index (Phi) is 5.39. The van der Waals surface area contributed by atoms with Crippen molar-refractivity contribution < 1.29 is 18.6 Å². The summed E-state index contributed by atoms with van der Waals surface area (Å²) in [5, 5.41) is 0.934. The van der Waals surface area contributed by atoms with Gasteiger partial charge in [-0.1, -0.05) is 6.07 Å². The van der Waals surface area contributed by atoms with E-state index in [0.717, 1.165) is 22.0 Å². The summed E-state index contributed by atoms with van der Waals surface area (Å²) in [6.45, 7) is 3.23. The second-order valence-electron chi connectivity index (χ2n) is 7.48. The number of hydrogen-bond donors (Lipinski definition) is 1. The van der Waals surface area contributed by atoms with Crippen LogP contribution in [0.5, 0.6) is 5.75 Å². The number of aryl methyl sites for hydroxylation is 1. The minimum Gasteiger partial charge on any atom is -0.489 e. The molecule has 0 amide bonds. The molecule has 0 bridgehead atoms. The lowest BCUT2D eigenvalue weighted by molar-refractivity contribution is -0.0950. The first kappa shape index (κ1) is 19.6. The molecule has 0 radical (unpaired) electrons. The fourth-order valence-electron chi connectivity index (χ4n) is 3.84. The summed E-state index contributed by atoms with van der Waals surface area (Å²) in [5.74, 6) is 0.104. The van der Waals surface area contributed by atoms with Crippen molar-refractivity contribution in [2.24, 2.45) is 0 Å². The molecule has 0 atom stereocenters. The molecule has 152 valence electrons. The number of benzene rings is 2. The first-order chi connectivity index (χ1) is 14.0. The van der Waals surface area contributed by atoms with Gasteiger partial charge in [-0.25, -0.2) is 4.39 Å². The quantitative estimate of drug-likeness (QED) is 0.701. The smallest absolute Gasteiger partial charge is 0.251 e. The van der Waals surface area contributed by atoms with E-state index in [-0.39, 0.29) is 11.4 Å². The van der Waals surface area contributed by atoms with Gasteiger partial charge >= 0.3 is 0 Å². The summed E-state index contributed by atoms with van der Waals surface area (Å²) < 4.78 is 31.4. The van der Waals surface area contributed by atoms with E-state index in [1.807, 2.05) is 30.3 Å². The Balaban J connectivity index is 1.57. The van der Waals surface area contributed by atoms with Crippen LogP contribution in [0.1, 0.15) is 29.5 Å². The Morgan fingerprint density at radius 1 is 1.14 bits per heavy atom. The van der Waals surface area contributed by atoms with E-state index in [1.54, 1.807) is 14.0 Å². The lowest BCUT2D eigenvalue weighted by Gasteiger charge is -2.36. The molecule has 4 rings (SSSR count). The van der Waals surface area contributed by atoms with Crippen LogP contribution < -0.4 is 10.3 Å². The molecule has 0 spiro atoms. The molecule has 1 aliphatic heterocycles. The number of halogens is 1. The van der Waals surface area contributed by atoms with E-state index in [2.05, 4.69) is 4.98 Å². The molecule has 1 saturated heterocycles. The maximum Gasteiger partial charge on any atom is 0.251 e. The third-order valence-corrected chi connectivity index (χ3v) is 5.59. The first-order valence-corrected chi connectivity index (χ1v) is 9.68. The molecule has 0 unspecified atom stereocenters. The van der Waals surface area contributed by atoms with Crippen LogP contribution in [0.3, 0.4) is 0 Å². The molecule has 0 aliphatic carbocycles. The van der Waals surface area contributed by atoms with Crippen molar-refractivity contribution in [2.75, 3.05) is 20.3 Å². The molecular formula is C23H24FNO4. The van der Waals surface area contributed by atoms with Gasteiger partial charge in [-0.15, -0.1) is 0 Å². The van der Waals surface area contributed by atoms with E-state index >= 15 is 0 Å². The van der Waals surface area contributed by atoms with Crippen molar-refractivity contribution in [3.05, 3.63) is 75.3 Å². The van der Waals surface area contributed by atoms with E-state index < -0.39 is 5.60 Å². The average molecular weight is 397 g/mol. The molecule has 0 saturated carbocycles. The minimum absolute atomic E-state index is 0.0889. The first-order valence-electron chi connectivity index (χ1n) is 9.68. The molecule has 1 aliphatic rings. The second kappa shape index (κ2) is 7.97. The van der Waals surface area contributed by atoms with Gasteiger partial charge in [0.05, 0.1) is 5.60 Å². The zero-order valence-corrected chi connectivity index (χ0v) is 16.6. The fraction of sp³-hybridized carbons (Fsp3) is 0.348. The van der Waals surface area contributed by atoms with Crippen LogP contribution in [-0.4, -0.2) is 25.3 Å². The van der Waals surface area contributed by atoms with Crippen molar-refractivity contribution in [2.45, 2.75) is 32.0 Å². The topological polar surface area (TPSA) is 60.5 Å². The lowest BCUT2D eigenvalue weighted by Crippen LogP contribution is -2.35. The number of nitrogens with one attached hydrogen (secondary N) is 1. The number of ether oxygens (including phenoxy) is 3. The van der Waals surface area contributed by atoms with Gasteiger partial charge < -0.3 is 19.2 Å². The van der Waals surface area contributed by atoms with Crippen molar-refractivity contribution in [3.8, 4) is 5.75 Å². The highest BCUT2D eigenvalue weighted by molar-refractivity contribution is 5.79. The van der Waals surface area contributed by atoms with E-state index in [9.17, 15) is 9.18 Å². The van der Waals surface area contributed by atoms with Gasteiger partial charge in [0.25, 0.3) is 5.56 Å². The van der Waals surface area contributed by atoms with Gasteiger partial charge in [0.15, 0.2) is 0 Å². The highest BCUT2D eigenvalue weighted by Gasteiger charge is 2.35. The van der Waals surface area contributed by atoms with Crippen LogP contribution in [0.2, 0.25) is 0 Å². The van der Waals surface area contributed by atoms with Gasteiger partial charge in [0.2, 0.25) is 0 Å². The molecular weight excluding hydrogens is 373 g/mol. The molecule has 1 N–H and O–H groups in total. The molecule has 6 heteroatoms. The predicted octanol–water partition coefficient (Wildman–Crippen LogP) is 4.21. The number of aromatic amines is 1. The predicted molar refractivity (Wildman–Crippen MR) is 109 cm³/mol. The zero-order chi connectivity index (χ0) is 20.4. The number of methoxy groups -OCH3 is 1. The molecule has 1 fully saturated rings. The van der Waals surface area contributed by atoms with Crippen LogP contribution >= 0.6 is 0 Å². The summed E-state index contributed by atoms with van der Waals surface area (Å²) in [4.78, 5) is 14.6. The van der Waals surface area contributed by atoms with E-state index in [0.29, 0.717) is 44.0 Å². The molecule has 2 heterocycles. The van der Waals surface area contributed by atoms with E-state index in [1.165, 1.54) is 12.1 Å². The van der Waals surface area contributed by atoms with Crippen LogP contribution in [0, 0.1) is 12.7 Å². The SMILES string of the molecule is COC1(c2cc(F)cc(OCc3ccc4[nH]c(=O)c(C)cc4c3)c2)CCOCC1. The molecule has 3 aromatic rings. The van der Waals surface area contributed by atoms with E-state index in [4.69, 9.17) is 14.2 Å². The Labute approximate surface area is 168 Å². The largest absolute Gasteiger partial charge is 0.489 e. The van der Waals surface area contributed by atoms with Crippen molar-refractivity contribution in [3.63, 3.8) is 0 Å². The van der Waals surface area contributed by atoms with Crippen molar-refractivity contribution in [1.29, 1.82) is 0 Å². The monoisotopic (exact) mass is 397 g/mol. The van der Waals surface area contributed by atoms with Crippen LogP contribution in [0.25, 0.3) is 10.9 Å². The molecule has 1 aromatic heterocycles. The molecule has 29 heavy (non-hydrogen) atoms. The summed E-state index contributed by atoms with van der Waals surface area (Å²) in [7, 11) is 1.65. The zero-order valence-electron chi connectivity index (χ0n) is 16.6. The Bertz CT molecular complexity index is 1090. The summed E-state index contributed by atoms with van der Waals surface area (Å²) >= 11 is 0. The minimum atomic E-state index is -0.551. The summed E-state index contributed by atoms with van der Waals surface area (Å²) in [5.41, 5.74) is 2.50. The molecule has 5 nitrogen and oxygen atoms in total. The number of pyridine rings is 1. The lowest BCUT2D eigenvalue weighted by atomic mass is 9.86. The third kappa shape index (κ3) is 4.04. The Hall–Kier alpha value is -2.70. The van der Waals surface area contributed by atoms with Gasteiger partial charge in [-0.05, 0) is 53.8 Å². The number of fused-ring (bicyclic) bond motifs is 1. The summed E-state index contributed by atoms with van der Waals surface area (Å²) in [6, 6.07) is 12.3. The Morgan fingerprint density at radius 3 is 2.69 bits per heavy atom. The summed E-state index contributed by atoms with van der Waals surface area (Å²) in [6.07, 6.45) is 1.35.